The fourth-order valence-corrected chi connectivity index (χ4v) is 8.64. The van der Waals surface area contributed by atoms with Crippen molar-refractivity contribution in [2.75, 3.05) is 13.2 Å². The van der Waals surface area contributed by atoms with Crippen molar-refractivity contribution >= 4 is 23.1 Å². The molecule has 1 aromatic rings. The summed E-state index contributed by atoms with van der Waals surface area (Å²) in [6, 6.07) is 0.871. The number of ketones is 3. The number of hydrogen-bond donors (Lipinski definition) is 14. The number of fused-ring (bicyclic) bond motifs is 1. The second-order valence-corrected chi connectivity index (χ2v) is 16.7. The molecule has 0 bridgehead atoms. The smallest absolute Gasteiger partial charge is 0.229 e. The maximum Gasteiger partial charge on any atom is 0.229 e. The highest BCUT2D eigenvalue weighted by atomic mass is 16.8. The van der Waals surface area contributed by atoms with Gasteiger partial charge in [0.15, 0.2) is 35.6 Å². The van der Waals surface area contributed by atoms with Crippen molar-refractivity contribution in [3.63, 3.8) is 0 Å². The third kappa shape index (κ3) is 9.17. The summed E-state index contributed by atoms with van der Waals surface area (Å²) in [6.45, 7) is 1.37. The number of Topliss-reactive ketones (excluding diaryl/α,β-unsaturated/α-hetero) is 3. The Morgan fingerprint density at radius 3 is 2.09 bits per heavy atom. The van der Waals surface area contributed by atoms with Gasteiger partial charge in [-0.1, -0.05) is 6.08 Å². The van der Waals surface area contributed by atoms with Crippen LogP contribution in [0.1, 0.15) is 32.3 Å². The number of aliphatic hydroxyl groups excluding tert-OH is 11. The first-order valence-electron chi connectivity index (χ1n) is 20.5. The van der Waals surface area contributed by atoms with Gasteiger partial charge in [-0.25, -0.2) is 0 Å². The molecule has 14 N–H and O–H groups in total. The van der Waals surface area contributed by atoms with Crippen LogP contribution in [0.5, 0.6) is 11.5 Å². The van der Waals surface area contributed by atoms with Crippen LogP contribution in [-0.2, 0) is 47.5 Å². The van der Waals surface area contributed by atoms with Crippen LogP contribution in [0.15, 0.2) is 35.6 Å². The molecule has 0 spiro atoms. The highest BCUT2D eigenvalue weighted by molar-refractivity contribution is 6.18. The largest absolute Gasteiger partial charge is 0.504 e. The van der Waals surface area contributed by atoms with E-state index in [1.165, 1.54) is 26.0 Å². The zero-order chi connectivity index (χ0) is 46.6. The lowest BCUT2D eigenvalue weighted by molar-refractivity contribution is -0.356. The molecule has 12 unspecified atom stereocenters. The minimum absolute atomic E-state index is 0.0293. The molecule has 1 aromatic carbocycles. The summed E-state index contributed by atoms with van der Waals surface area (Å²) in [6.07, 6.45) is -30.3. The van der Waals surface area contributed by atoms with E-state index in [-0.39, 0.29) is 17.6 Å². The number of carbonyl (C=O) groups is 3. The van der Waals surface area contributed by atoms with Crippen molar-refractivity contribution in [3.05, 3.63) is 41.2 Å². The number of hydrogen-bond acceptors (Lipinski definition) is 24. The van der Waals surface area contributed by atoms with E-state index in [0.29, 0.717) is 0 Å². The summed E-state index contributed by atoms with van der Waals surface area (Å²) >= 11 is 0. The number of phenols is 2. The molecule has 1 saturated carbocycles. The lowest BCUT2D eigenvalue weighted by atomic mass is 9.79. The summed E-state index contributed by atoms with van der Waals surface area (Å²) < 4.78 is 41.0. The molecule has 4 aliphatic heterocycles. The van der Waals surface area contributed by atoms with Crippen molar-refractivity contribution in [2.45, 2.75) is 149 Å². The van der Waals surface area contributed by atoms with Crippen LogP contribution < -0.4 is 5.32 Å². The summed E-state index contributed by atoms with van der Waals surface area (Å²) in [5.74, 6) is -6.30. The zero-order valence-corrected chi connectivity index (χ0v) is 34.2. The van der Waals surface area contributed by atoms with Gasteiger partial charge in [0, 0.05) is 12.0 Å². The number of aromatic hydroxyl groups is 2. The Labute approximate surface area is 363 Å². The van der Waals surface area contributed by atoms with Gasteiger partial charge < -0.3 is 105 Å². The minimum Gasteiger partial charge on any atom is -0.504 e. The van der Waals surface area contributed by atoms with Gasteiger partial charge in [0.1, 0.15) is 91.1 Å². The third-order valence-corrected chi connectivity index (χ3v) is 12.4. The van der Waals surface area contributed by atoms with Crippen LogP contribution in [0.25, 0.3) is 5.76 Å². The molecular weight excluding hydrogens is 862 g/mol. The van der Waals surface area contributed by atoms with Crippen molar-refractivity contribution < 1.29 is 114 Å². The van der Waals surface area contributed by atoms with E-state index in [0.717, 1.165) is 12.1 Å². The highest BCUT2D eigenvalue weighted by Gasteiger charge is 2.55. The predicted octanol–water partition coefficient (Wildman–Crippen LogP) is -6.22. The molecule has 24 heteroatoms. The monoisotopic (exact) mass is 915 g/mol. The summed E-state index contributed by atoms with van der Waals surface area (Å²) in [4.78, 5) is 39.5. The molecule has 3 saturated heterocycles. The number of phenolic OH excluding ortho intramolecular Hbond substituents is 2. The molecule has 24 nitrogen and oxygen atoms in total. The quantitative estimate of drug-likeness (QED) is 0.0558. The van der Waals surface area contributed by atoms with Gasteiger partial charge in [-0.15, -0.1) is 0 Å². The molecular formula is C40H53NO23. The number of nitrogens with one attached hydrogen (secondary N) is 1. The number of rotatable bonds is 11. The van der Waals surface area contributed by atoms with E-state index in [1.54, 1.807) is 0 Å². The predicted molar refractivity (Wildman–Crippen MR) is 204 cm³/mol. The Balaban J connectivity index is 1.16. The lowest BCUT2D eigenvalue weighted by Crippen LogP contribution is -2.68. The first-order valence-corrected chi connectivity index (χ1v) is 20.5. The lowest BCUT2D eigenvalue weighted by Gasteiger charge is -2.48. The van der Waals surface area contributed by atoms with Gasteiger partial charge in [0.25, 0.3) is 0 Å². The number of benzene rings is 1. The molecule has 21 atom stereocenters. The Kier molecular flexibility index (Phi) is 14.5. The summed E-state index contributed by atoms with van der Waals surface area (Å²) in [5.41, 5.74) is -0.119. The van der Waals surface area contributed by atoms with E-state index in [1.807, 2.05) is 0 Å². The molecule has 4 heterocycles. The van der Waals surface area contributed by atoms with E-state index in [2.05, 4.69) is 5.32 Å². The fraction of sp³-hybridized carbons (Fsp3) is 0.675. The van der Waals surface area contributed by atoms with Crippen LogP contribution in [-0.4, -0.2) is 219 Å². The topological polar surface area (TPSA) is 391 Å². The normalized spacial score (nSPS) is 44.2. The average molecular weight is 916 g/mol. The Bertz CT molecular complexity index is 1960. The van der Waals surface area contributed by atoms with Crippen LogP contribution in [0.2, 0.25) is 0 Å². The Hall–Kier alpha value is -3.77. The van der Waals surface area contributed by atoms with Gasteiger partial charge in [-0.3, -0.25) is 14.4 Å². The molecule has 7 rings (SSSR count). The van der Waals surface area contributed by atoms with Crippen LogP contribution in [0.4, 0.5) is 0 Å². The second kappa shape index (κ2) is 19.2. The molecule has 2 aliphatic carbocycles. The zero-order valence-electron chi connectivity index (χ0n) is 34.2. The summed E-state index contributed by atoms with van der Waals surface area (Å²) in [5, 5.41) is 141. The van der Waals surface area contributed by atoms with E-state index in [9.17, 15) is 80.8 Å². The van der Waals surface area contributed by atoms with E-state index in [4.69, 9.17) is 33.2 Å². The number of aliphatic hydroxyl groups is 11. The van der Waals surface area contributed by atoms with Crippen molar-refractivity contribution in [1.29, 1.82) is 0 Å². The molecule has 0 radical (unpaired) electrons. The molecule has 0 aromatic heterocycles. The number of ether oxygens (including phenoxy) is 7. The molecule has 356 valence electrons. The second-order valence-electron chi connectivity index (χ2n) is 16.7. The average Bonchev–Trinajstić information content (AvgIpc) is 3.25. The first-order chi connectivity index (χ1) is 30.2. The Morgan fingerprint density at radius 2 is 1.41 bits per heavy atom. The van der Waals surface area contributed by atoms with Gasteiger partial charge in [-0.2, -0.15) is 0 Å². The van der Waals surface area contributed by atoms with Crippen molar-refractivity contribution in [1.82, 2.24) is 5.32 Å². The minimum atomic E-state index is -2.18. The summed E-state index contributed by atoms with van der Waals surface area (Å²) in [7, 11) is 0. The number of allylic oxidation sites excluding steroid dienone is 1. The van der Waals surface area contributed by atoms with Gasteiger partial charge in [-0.05, 0) is 37.6 Å². The van der Waals surface area contributed by atoms with Gasteiger partial charge in [0.05, 0.1) is 43.9 Å². The van der Waals surface area contributed by atoms with Gasteiger partial charge >= 0.3 is 0 Å². The maximum atomic E-state index is 14.1. The number of carbonyl (C=O) groups excluding carboxylic acids is 3. The molecule has 0 amide bonds. The maximum absolute atomic E-state index is 14.1. The molecule has 4 fully saturated rings. The molecule has 6 aliphatic rings. The standard InChI is InChI=1S/C40H53NO23/c1-11-23(41-16-5-14(9-42)25(48)30(53)26(16)49)28(51)32(55)39(59-11)63-36-21(10-58-38-33(56)29(52)24(47)12(2)60-38)62-40(34(57)31(36)54)64-37-27(50)22-19(46)7-15(43)8-20(22)61-35(37)13-3-4-17(44)18(45)6-13/h3-6,11-12,16,20-26,28-34,36,38-42,44-45,47-49,51-57H,7-10H2,1-2H3/t11-,12+,16?,20?,21?,22?,23?,24?,25?,26+,28+,29-,30?,31?,32?,33-,34-,36-,38?,39-,40?/m1/s1. The SMILES string of the molecule is C[C@@H]1OC(OCC2OC(OC3=C(c4ccc(O)c(O)c4)OC4CC(=O)CC(=O)C4C3=O)[C@H](O)C(O)[C@@H]2O[C@H]2O[C@H](C)C(NC3C=C(CO)C(O)C(O)[C@H]3O)[C@H](O)C2O)[C@H](O)[C@H](O)C1O. The van der Waals surface area contributed by atoms with Crippen LogP contribution >= 0.6 is 0 Å². The van der Waals surface area contributed by atoms with Crippen molar-refractivity contribution in [3.8, 4) is 11.5 Å². The van der Waals surface area contributed by atoms with E-state index >= 15 is 0 Å². The van der Waals surface area contributed by atoms with Gasteiger partial charge in [0.2, 0.25) is 17.8 Å². The molecule has 64 heavy (non-hydrogen) atoms. The van der Waals surface area contributed by atoms with E-state index < -0.39 is 188 Å². The van der Waals surface area contributed by atoms with Crippen molar-refractivity contribution in [2.24, 2.45) is 5.92 Å². The third-order valence-electron chi connectivity index (χ3n) is 12.4. The highest BCUT2D eigenvalue weighted by Crippen LogP contribution is 2.41. The fourth-order valence-electron chi connectivity index (χ4n) is 8.64. The van der Waals surface area contributed by atoms with Crippen LogP contribution in [0, 0.1) is 5.92 Å². The first kappa shape index (κ1) is 48.2. The Morgan fingerprint density at radius 1 is 0.734 bits per heavy atom. The van der Waals surface area contributed by atoms with Crippen LogP contribution in [0.3, 0.4) is 0 Å².